The molecule has 3 nitrogen and oxygen atoms in total. The third kappa shape index (κ3) is 5.62. The molecule has 0 radical (unpaired) electrons. The molecule has 0 spiro atoms. The van der Waals surface area contributed by atoms with Crippen LogP contribution in [0.1, 0.15) is 19.8 Å². The van der Waals surface area contributed by atoms with E-state index in [9.17, 15) is 0 Å². The third-order valence-corrected chi connectivity index (χ3v) is 3.70. The highest BCUT2D eigenvalue weighted by Crippen LogP contribution is 2.07. The molecule has 106 valence electrons. The zero-order valence-corrected chi connectivity index (χ0v) is 11.9. The average molecular weight is 264 g/mol. The predicted molar refractivity (Wildman–Crippen MR) is 76.7 cm³/mol. The number of hydrogen-bond acceptors (Lipinski definition) is 2. The minimum atomic E-state index is 0.635. The molecule has 1 fully saturated rings. The van der Waals surface area contributed by atoms with Gasteiger partial charge < -0.3 is 14.4 Å². The van der Waals surface area contributed by atoms with Gasteiger partial charge in [-0.2, -0.15) is 0 Å². The van der Waals surface area contributed by atoms with Crippen molar-refractivity contribution in [3.8, 4) is 5.75 Å². The second-order valence-electron chi connectivity index (χ2n) is 5.48. The molecule has 0 bridgehead atoms. The molecule has 0 amide bonds. The van der Waals surface area contributed by atoms with E-state index in [1.807, 2.05) is 30.3 Å². The molecule has 3 heteroatoms. The van der Waals surface area contributed by atoms with Crippen LogP contribution in [0, 0.1) is 5.92 Å². The molecule has 1 N–H and O–H groups in total. The summed E-state index contributed by atoms with van der Waals surface area (Å²) in [5.41, 5.74) is 0. The summed E-state index contributed by atoms with van der Waals surface area (Å²) in [6.07, 6.45) is 2.77. The fraction of sp³-hybridized carbons (Fsp3) is 0.625. The maximum atomic E-state index is 5.65. The van der Waals surface area contributed by atoms with E-state index in [0.717, 1.165) is 24.8 Å². The van der Waals surface area contributed by atoms with Gasteiger partial charge in [0.2, 0.25) is 0 Å². The summed E-state index contributed by atoms with van der Waals surface area (Å²) < 4.78 is 11.2. The van der Waals surface area contributed by atoms with Gasteiger partial charge in [0, 0.05) is 5.92 Å². The van der Waals surface area contributed by atoms with Crippen LogP contribution in [0.4, 0.5) is 0 Å². The molecule has 2 rings (SSSR count). The highest BCUT2D eigenvalue weighted by Gasteiger charge is 2.18. The van der Waals surface area contributed by atoms with Crippen molar-refractivity contribution in [3.05, 3.63) is 30.3 Å². The third-order valence-electron chi connectivity index (χ3n) is 3.70. The van der Waals surface area contributed by atoms with Crippen molar-refractivity contribution in [2.45, 2.75) is 19.8 Å². The van der Waals surface area contributed by atoms with Gasteiger partial charge in [-0.25, -0.2) is 0 Å². The second kappa shape index (κ2) is 8.18. The summed E-state index contributed by atoms with van der Waals surface area (Å²) in [5.74, 6) is 1.80. The first-order chi connectivity index (χ1) is 9.34. The fourth-order valence-electron chi connectivity index (χ4n) is 2.68. The first-order valence-electron chi connectivity index (χ1n) is 7.44. The first-order valence-corrected chi connectivity index (χ1v) is 7.44. The van der Waals surface area contributed by atoms with E-state index < -0.39 is 0 Å². The van der Waals surface area contributed by atoms with E-state index in [4.69, 9.17) is 9.47 Å². The lowest BCUT2D eigenvalue weighted by Crippen LogP contribution is -3.14. The van der Waals surface area contributed by atoms with Crippen LogP contribution in [-0.2, 0) is 4.74 Å². The fourth-order valence-corrected chi connectivity index (χ4v) is 2.68. The number of piperidine rings is 1. The molecule has 1 aromatic rings. The van der Waals surface area contributed by atoms with Crippen LogP contribution in [0.15, 0.2) is 30.3 Å². The highest BCUT2D eigenvalue weighted by atomic mass is 16.5. The van der Waals surface area contributed by atoms with Crippen molar-refractivity contribution in [2.75, 3.05) is 39.5 Å². The summed E-state index contributed by atoms with van der Waals surface area (Å²) in [7, 11) is 0. The van der Waals surface area contributed by atoms with Crippen LogP contribution >= 0.6 is 0 Å². The molecule has 0 aliphatic carbocycles. The maximum absolute atomic E-state index is 5.65. The predicted octanol–water partition coefficient (Wildman–Crippen LogP) is 1.40. The lowest BCUT2D eigenvalue weighted by molar-refractivity contribution is -0.908. The smallest absolute Gasteiger partial charge is 0.119 e. The number of hydrogen-bond donors (Lipinski definition) is 1. The molecule has 1 saturated heterocycles. The Morgan fingerprint density at radius 1 is 1.16 bits per heavy atom. The van der Waals surface area contributed by atoms with E-state index in [1.165, 1.54) is 25.9 Å². The van der Waals surface area contributed by atoms with Gasteiger partial charge in [-0.3, -0.25) is 0 Å². The molecule has 2 atom stereocenters. The van der Waals surface area contributed by atoms with Crippen LogP contribution in [-0.4, -0.2) is 39.5 Å². The molecule has 1 aromatic carbocycles. The Hall–Kier alpha value is -1.06. The number of quaternary nitrogens is 1. The van der Waals surface area contributed by atoms with Crippen LogP contribution in [0.25, 0.3) is 0 Å². The van der Waals surface area contributed by atoms with E-state index in [-0.39, 0.29) is 0 Å². The largest absolute Gasteiger partial charge is 0.491 e. The monoisotopic (exact) mass is 264 g/mol. The first kappa shape index (κ1) is 14.4. The second-order valence-corrected chi connectivity index (χ2v) is 5.48. The SMILES string of the molecule is C[C@H]1CCC[NH+](CCOCCOc2ccccc2)C1. The van der Waals surface area contributed by atoms with Crippen LogP contribution < -0.4 is 9.64 Å². The topological polar surface area (TPSA) is 22.9 Å². The minimum Gasteiger partial charge on any atom is -0.491 e. The summed E-state index contributed by atoms with van der Waals surface area (Å²) in [6, 6.07) is 9.90. The van der Waals surface area contributed by atoms with Crippen molar-refractivity contribution >= 4 is 0 Å². The van der Waals surface area contributed by atoms with Gasteiger partial charge in [-0.15, -0.1) is 0 Å². The number of likely N-dealkylation sites (tertiary alicyclic amines) is 1. The van der Waals surface area contributed by atoms with E-state index in [1.54, 1.807) is 4.90 Å². The summed E-state index contributed by atoms with van der Waals surface area (Å²) in [5, 5.41) is 0. The molecular formula is C16H26NO2+. The Labute approximate surface area is 116 Å². The zero-order valence-electron chi connectivity index (χ0n) is 11.9. The molecular weight excluding hydrogens is 238 g/mol. The van der Waals surface area contributed by atoms with Crippen molar-refractivity contribution in [1.82, 2.24) is 0 Å². The Kier molecular flexibility index (Phi) is 6.18. The normalized spacial score (nSPS) is 23.2. The standard InChI is InChI=1S/C16H25NO2/c1-15-6-5-9-17(14-15)10-11-18-12-13-19-16-7-3-2-4-8-16/h2-4,7-8,15H,5-6,9-14H2,1H3/p+1/t15-/m0/s1. The Bertz CT molecular complexity index is 342. The number of para-hydroxylation sites is 1. The number of rotatable bonds is 7. The van der Waals surface area contributed by atoms with Gasteiger partial charge in [0.1, 0.15) is 18.9 Å². The van der Waals surface area contributed by atoms with Gasteiger partial charge >= 0.3 is 0 Å². The Morgan fingerprint density at radius 3 is 2.79 bits per heavy atom. The zero-order chi connectivity index (χ0) is 13.3. The van der Waals surface area contributed by atoms with E-state index in [2.05, 4.69) is 6.92 Å². The molecule has 0 aromatic heterocycles. The quantitative estimate of drug-likeness (QED) is 0.752. The lowest BCUT2D eigenvalue weighted by Gasteiger charge is -2.27. The van der Waals surface area contributed by atoms with Crippen molar-refractivity contribution in [1.29, 1.82) is 0 Å². The number of ether oxygens (including phenoxy) is 2. The molecule has 1 heterocycles. The summed E-state index contributed by atoms with van der Waals surface area (Å²) in [4.78, 5) is 1.70. The molecule has 1 aliphatic heterocycles. The average Bonchev–Trinajstić information content (AvgIpc) is 2.44. The van der Waals surface area contributed by atoms with Crippen LogP contribution in [0.2, 0.25) is 0 Å². The van der Waals surface area contributed by atoms with Crippen molar-refractivity contribution in [2.24, 2.45) is 5.92 Å². The van der Waals surface area contributed by atoms with E-state index >= 15 is 0 Å². The number of benzene rings is 1. The Balaban J connectivity index is 1.48. The Morgan fingerprint density at radius 2 is 2.00 bits per heavy atom. The van der Waals surface area contributed by atoms with E-state index in [0.29, 0.717) is 13.2 Å². The van der Waals surface area contributed by atoms with Crippen LogP contribution in [0.3, 0.4) is 0 Å². The maximum Gasteiger partial charge on any atom is 0.119 e. The summed E-state index contributed by atoms with van der Waals surface area (Å²) in [6.45, 7) is 8.27. The number of nitrogens with one attached hydrogen (secondary N) is 1. The van der Waals surface area contributed by atoms with Gasteiger partial charge in [-0.05, 0) is 25.0 Å². The van der Waals surface area contributed by atoms with Crippen molar-refractivity contribution < 1.29 is 14.4 Å². The van der Waals surface area contributed by atoms with Gasteiger partial charge in [-0.1, -0.05) is 25.1 Å². The van der Waals surface area contributed by atoms with Crippen LogP contribution in [0.5, 0.6) is 5.75 Å². The molecule has 19 heavy (non-hydrogen) atoms. The van der Waals surface area contributed by atoms with Gasteiger partial charge in [0.25, 0.3) is 0 Å². The molecule has 1 aliphatic rings. The van der Waals surface area contributed by atoms with Gasteiger partial charge in [0.15, 0.2) is 0 Å². The minimum absolute atomic E-state index is 0.635. The highest BCUT2D eigenvalue weighted by molar-refractivity contribution is 5.20. The summed E-state index contributed by atoms with van der Waals surface area (Å²) >= 11 is 0. The molecule has 0 saturated carbocycles. The molecule has 1 unspecified atom stereocenters. The van der Waals surface area contributed by atoms with Gasteiger partial charge in [0.05, 0.1) is 26.3 Å². The lowest BCUT2D eigenvalue weighted by atomic mass is 10.0. The van der Waals surface area contributed by atoms with Crippen molar-refractivity contribution in [3.63, 3.8) is 0 Å².